The molecule has 0 saturated heterocycles. The summed E-state index contributed by atoms with van der Waals surface area (Å²) >= 11 is 0. The highest BCUT2D eigenvalue weighted by atomic mass is 15.0. The maximum atomic E-state index is 2.38. The van der Waals surface area contributed by atoms with E-state index in [4.69, 9.17) is 0 Å². The molecule has 0 radical (unpaired) electrons. The summed E-state index contributed by atoms with van der Waals surface area (Å²) in [6, 6.07) is 34.9. The lowest BCUT2D eigenvalue weighted by atomic mass is 10.1. The lowest BCUT2D eigenvalue weighted by Gasteiger charge is -2.13. The largest absolute Gasteiger partial charge is 0.313 e. The second-order valence-electron chi connectivity index (χ2n) is 8.24. The number of aromatic nitrogens is 2. The summed E-state index contributed by atoms with van der Waals surface area (Å²) in [4.78, 5) is 0. The minimum absolute atomic E-state index is 1.17. The lowest BCUT2D eigenvalue weighted by Crippen LogP contribution is -2.00. The van der Waals surface area contributed by atoms with Crippen LogP contribution >= 0.6 is 0 Å². The van der Waals surface area contributed by atoms with Gasteiger partial charge >= 0.3 is 0 Å². The summed E-state index contributed by atoms with van der Waals surface area (Å²) < 4.78 is 4.75. The van der Waals surface area contributed by atoms with E-state index in [0.29, 0.717) is 0 Å². The second kappa shape index (κ2) is 7.28. The summed E-state index contributed by atoms with van der Waals surface area (Å²) in [5, 5.41) is 3.85. The molecule has 0 spiro atoms. The van der Waals surface area contributed by atoms with Crippen molar-refractivity contribution in [2.45, 2.75) is 13.8 Å². The Balaban J connectivity index is 1.64. The Morgan fingerprint density at radius 3 is 1.66 bits per heavy atom. The fourth-order valence-electron chi connectivity index (χ4n) is 5.07. The molecule has 0 amide bonds. The Labute approximate surface area is 187 Å². The summed E-state index contributed by atoms with van der Waals surface area (Å²) in [5.41, 5.74) is 8.58. The van der Waals surface area contributed by atoms with Gasteiger partial charge in [0.2, 0.25) is 0 Å². The highest BCUT2D eigenvalue weighted by Crippen LogP contribution is 2.34. The molecule has 154 valence electrons. The minimum Gasteiger partial charge on any atom is -0.313 e. The molecule has 0 aliphatic carbocycles. The van der Waals surface area contributed by atoms with Crippen LogP contribution in [0.3, 0.4) is 0 Å². The van der Waals surface area contributed by atoms with Crippen molar-refractivity contribution < 1.29 is 0 Å². The van der Waals surface area contributed by atoms with E-state index in [0.717, 1.165) is 0 Å². The monoisotopic (exact) mass is 412 g/mol. The van der Waals surface area contributed by atoms with Crippen LogP contribution in [0.2, 0.25) is 0 Å². The topological polar surface area (TPSA) is 9.86 Å². The van der Waals surface area contributed by atoms with Crippen LogP contribution in [0.25, 0.3) is 50.2 Å². The molecule has 0 atom stereocenters. The first-order valence-electron chi connectivity index (χ1n) is 11.1. The van der Waals surface area contributed by atoms with Crippen molar-refractivity contribution in [1.82, 2.24) is 9.13 Å². The maximum absolute atomic E-state index is 2.38. The van der Waals surface area contributed by atoms with Crippen molar-refractivity contribution in [3.63, 3.8) is 0 Å². The molecule has 6 aromatic rings. The third-order valence-electron chi connectivity index (χ3n) is 6.42. The van der Waals surface area contributed by atoms with E-state index >= 15 is 0 Å². The predicted molar refractivity (Wildman–Crippen MR) is 137 cm³/mol. The lowest BCUT2D eigenvalue weighted by molar-refractivity contribution is 1.04. The van der Waals surface area contributed by atoms with Gasteiger partial charge in [-0.2, -0.15) is 0 Å². The number of rotatable bonds is 3. The first-order valence-corrected chi connectivity index (χ1v) is 11.1. The fraction of sp³-hybridized carbons (Fsp3) is 0.0667. The average Bonchev–Trinajstić information content (AvgIpc) is 3.32. The molecule has 2 aromatic heterocycles. The molecular weight excluding hydrogens is 388 g/mol. The van der Waals surface area contributed by atoms with E-state index in [9.17, 15) is 0 Å². The quantitative estimate of drug-likeness (QED) is 0.278. The first kappa shape index (κ1) is 18.7. The zero-order chi connectivity index (χ0) is 21.7. The van der Waals surface area contributed by atoms with Crippen LogP contribution in [0.5, 0.6) is 0 Å². The Kier molecular flexibility index (Phi) is 4.26. The van der Waals surface area contributed by atoms with Crippen molar-refractivity contribution in [3.8, 4) is 11.4 Å². The SMILES string of the molecule is C/C=C\c1c(C)n(-c2cccc(-n3c4ccccc4c4ccccc43)c2)c2ccccc12. The van der Waals surface area contributed by atoms with Gasteiger partial charge in [-0.3, -0.25) is 0 Å². The molecule has 0 saturated carbocycles. The third-order valence-corrected chi connectivity index (χ3v) is 6.42. The molecule has 0 aliphatic rings. The number of fused-ring (bicyclic) bond motifs is 4. The molecule has 6 rings (SSSR count). The summed E-state index contributed by atoms with van der Waals surface area (Å²) in [7, 11) is 0. The molecule has 0 bridgehead atoms. The first-order chi connectivity index (χ1) is 15.8. The van der Waals surface area contributed by atoms with E-state index < -0.39 is 0 Å². The Bertz CT molecular complexity index is 1590. The number of hydrogen-bond donors (Lipinski definition) is 0. The van der Waals surface area contributed by atoms with Crippen LogP contribution < -0.4 is 0 Å². The molecule has 0 unspecified atom stereocenters. The van der Waals surface area contributed by atoms with Gasteiger partial charge in [-0.25, -0.2) is 0 Å². The number of nitrogens with zero attached hydrogens (tertiary/aromatic N) is 2. The van der Waals surface area contributed by atoms with Gasteiger partial charge in [0.05, 0.1) is 16.6 Å². The van der Waals surface area contributed by atoms with Crippen molar-refractivity contribution in [2.75, 3.05) is 0 Å². The molecule has 4 aromatic carbocycles. The van der Waals surface area contributed by atoms with E-state index in [2.05, 4.69) is 132 Å². The van der Waals surface area contributed by atoms with Gasteiger partial charge in [0.15, 0.2) is 0 Å². The van der Waals surface area contributed by atoms with Crippen LogP contribution in [-0.2, 0) is 0 Å². The van der Waals surface area contributed by atoms with Gasteiger partial charge in [-0.15, -0.1) is 0 Å². The van der Waals surface area contributed by atoms with Gasteiger partial charge in [0, 0.05) is 38.8 Å². The Hall–Kier alpha value is -4.04. The second-order valence-corrected chi connectivity index (χ2v) is 8.24. The van der Waals surface area contributed by atoms with E-state index in [-0.39, 0.29) is 0 Å². The standard InChI is InChI=1S/C30H24N2/c1-3-11-24-21(2)31(28-17-7-4-14-25(24)28)22-12-10-13-23(20-22)32-29-18-8-5-15-26(29)27-16-6-9-19-30(27)32/h3-20H,1-2H3/b11-3-. The maximum Gasteiger partial charge on any atom is 0.0541 e. The normalized spacial score (nSPS) is 11.9. The summed E-state index contributed by atoms with van der Waals surface area (Å²) in [5.74, 6) is 0. The van der Waals surface area contributed by atoms with E-state index in [1.54, 1.807) is 0 Å². The van der Waals surface area contributed by atoms with Crippen LogP contribution in [0, 0.1) is 6.92 Å². The predicted octanol–water partition coefficient (Wildman–Crippen LogP) is 8.07. The number of para-hydroxylation sites is 3. The smallest absolute Gasteiger partial charge is 0.0541 e. The van der Waals surface area contributed by atoms with Crippen molar-refractivity contribution in [2.24, 2.45) is 0 Å². The van der Waals surface area contributed by atoms with Crippen LogP contribution in [-0.4, -0.2) is 9.13 Å². The van der Waals surface area contributed by atoms with Gasteiger partial charge in [-0.05, 0) is 50.2 Å². The number of benzene rings is 4. The average molecular weight is 413 g/mol. The van der Waals surface area contributed by atoms with Crippen molar-refractivity contribution in [1.29, 1.82) is 0 Å². The molecule has 2 heterocycles. The van der Waals surface area contributed by atoms with Gasteiger partial charge in [0.25, 0.3) is 0 Å². The summed E-state index contributed by atoms with van der Waals surface area (Å²) in [6.07, 6.45) is 4.33. The molecule has 2 heteroatoms. The summed E-state index contributed by atoms with van der Waals surface area (Å²) in [6.45, 7) is 4.29. The highest BCUT2D eigenvalue weighted by Gasteiger charge is 2.15. The van der Waals surface area contributed by atoms with Gasteiger partial charge < -0.3 is 9.13 Å². The van der Waals surface area contributed by atoms with E-state index in [1.165, 1.54) is 55.3 Å². The van der Waals surface area contributed by atoms with Crippen LogP contribution in [0.1, 0.15) is 18.2 Å². The van der Waals surface area contributed by atoms with Gasteiger partial charge in [0.1, 0.15) is 0 Å². The van der Waals surface area contributed by atoms with E-state index in [1.807, 2.05) is 0 Å². The Morgan fingerprint density at radius 1 is 0.562 bits per heavy atom. The minimum atomic E-state index is 1.17. The fourth-order valence-corrected chi connectivity index (χ4v) is 5.07. The number of allylic oxidation sites excluding steroid dienone is 1. The molecule has 2 nitrogen and oxygen atoms in total. The van der Waals surface area contributed by atoms with Crippen molar-refractivity contribution >= 4 is 38.8 Å². The van der Waals surface area contributed by atoms with Gasteiger partial charge in [-0.1, -0.05) is 72.8 Å². The third kappa shape index (κ3) is 2.66. The highest BCUT2D eigenvalue weighted by molar-refractivity contribution is 6.09. The van der Waals surface area contributed by atoms with Crippen LogP contribution in [0.15, 0.2) is 103 Å². The molecule has 32 heavy (non-hydrogen) atoms. The molecule has 0 N–H and O–H groups in total. The zero-order valence-corrected chi connectivity index (χ0v) is 18.3. The molecule has 0 fully saturated rings. The number of hydrogen-bond acceptors (Lipinski definition) is 0. The Morgan fingerprint density at radius 2 is 1.06 bits per heavy atom. The molecular formula is C30H24N2. The van der Waals surface area contributed by atoms with Crippen molar-refractivity contribution in [3.05, 3.63) is 114 Å². The van der Waals surface area contributed by atoms with Crippen LogP contribution in [0.4, 0.5) is 0 Å². The zero-order valence-electron chi connectivity index (χ0n) is 18.3. The molecule has 0 aliphatic heterocycles.